The zero-order valence-electron chi connectivity index (χ0n) is 20.4. The minimum Gasteiger partial charge on any atom is -0.368 e. The molecular weight excluding hydrogens is 429 g/mol. The molecule has 0 saturated carbocycles. The van der Waals surface area contributed by atoms with Crippen molar-refractivity contribution in [2.24, 2.45) is 23.0 Å². The SMILES string of the molecule is CC(=O)NC(C)C(N)=O.CC(C)C.CCC1CN(C(=O)CNC(=O)C(F)(F)F)CC1(C)C. The summed E-state index contributed by atoms with van der Waals surface area (Å²) >= 11 is 0. The van der Waals surface area contributed by atoms with E-state index in [1.165, 1.54) is 18.7 Å². The van der Waals surface area contributed by atoms with Crippen molar-refractivity contribution in [3.8, 4) is 0 Å². The van der Waals surface area contributed by atoms with Gasteiger partial charge >= 0.3 is 12.1 Å². The highest BCUT2D eigenvalue weighted by atomic mass is 19.4. The first-order valence-corrected chi connectivity index (χ1v) is 10.5. The van der Waals surface area contributed by atoms with Gasteiger partial charge in [-0.25, -0.2) is 0 Å². The maximum atomic E-state index is 12.0. The Morgan fingerprint density at radius 2 is 1.59 bits per heavy atom. The van der Waals surface area contributed by atoms with Gasteiger partial charge in [0.05, 0.1) is 6.54 Å². The molecule has 0 aromatic rings. The average Bonchev–Trinajstić information content (AvgIpc) is 2.92. The Bertz CT molecular complexity index is 634. The van der Waals surface area contributed by atoms with Crippen LogP contribution in [0.2, 0.25) is 0 Å². The second-order valence-electron chi connectivity index (χ2n) is 9.11. The Balaban J connectivity index is 0. The van der Waals surface area contributed by atoms with Gasteiger partial charge in [0.1, 0.15) is 6.04 Å². The van der Waals surface area contributed by atoms with Crippen molar-refractivity contribution in [2.75, 3.05) is 19.6 Å². The first-order chi connectivity index (χ1) is 14.3. The third-order valence-electron chi connectivity index (χ3n) is 4.49. The molecule has 1 rings (SSSR count). The second-order valence-corrected chi connectivity index (χ2v) is 9.11. The van der Waals surface area contributed by atoms with Crippen molar-refractivity contribution in [2.45, 2.75) is 74.0 Å². The van der Waals surface area contributed by atoms with Gasteiger partial charge in [0.25, 0.3) is 0 Å². The lowest BCUT2D eigenvalue weighted by Gasteiger charge is -2.23. The van der Waals surface area contributed by atoms with E-state index in [1.807, 2.05) is 20.8 Å². The van der Waals surface area contributed by atoms with Crippen LogP contribution in [0, 0.1) is 17.3 Å². The molecule has 11 heteroatoms. The number of hydrogen-bond acceptors (Lipinski definition) is 4. The van der Waals surface area contributed by atoms with Crippen LogP contribution in [-0.4, -0.2) is 60.4 Å². The van der Waals surface area contributed by atoms with Gasteiger partial charge in [-0.2, -0.15) is 13.2 Å². The van der Waals surface area contributed by atoms with E-state index in [9.17, 15) is 32.3 Å². The second kappa shape index (κ2) is 13.9. The van der Waals surface area contributed by atoms with E-state index < -0.39 is 36.5 Å². The molecule has 1 saturated heterocycles. The summed E-state index contributed by atoms with van der Waals surface area (Å²) in [7, 11) is 0. The third-order valence-corrected chi connectivity index (χ3v) is 4.49. The number of amides is 4. The van der Waals surface area contributed by atoms with Gasteiger partial charge in [-0.05, 0) is 24.2 Å². The maximum Gasteiger partial charge on any atom is 0.471 e. The molecule has 4 N–H and O–H groups in total. The standard InChI is InChI=1S/C12H19F3N2O2.C5H10N2O2.C4H10/c1-4-8-6-17(7-11(8,2)3)9(18)5-16-10(19)12(13,14)15;1-3(5(6)9)7-4(2)8;1-4(2)3/h8H,4-7H2,1-3H3,(H,16,19);3H,1-2H3,(H2,6,9)(H,7,8);4H,1-3H3. The van der Waals surface area contributed by atoms with Crippen LogP contribution < -0.4 is 16.4 Å². The van der Waals surface area contributed by atoms with Gasteiger partial charge in [-0.3, -0.25) is 19.2 Å². The summed E-state index contributed by atoms with van der Waals surface area (Å²) in [5.74, 6) is -2.16. The number of nitrogens with one attached hydrogen (secondary N) is 2. The summed E-state index contributed by atoms with van der Waals surface area (Å²) in [5.41, 5.74) is 4.79. The highest BCUT2D eigenvalue weighted by Crippen LogP contribution is 2.36. The van der Waals surface area contributed by atoms with Crippen LogP contribution in [0.1, 0.15) is 61.8 Å². The zero-order valence-corrected chi connectivity index (χ0v) is 20.4. The minimum absolute atomic E-state index is 0.0432. The molecule has 1 aliphatic heterocycles. The van der Waals surface area contributed by atoms with Crippen LogP contribution in [0.3, 0.4) is 0 Å². The van der Waals surface area contributed by atoms with Crippen LogP contribution in [0.15, 0.2) is 0 Å². The van der Waals surface area contributed by atoms with E-state index in [-0.39, 0.29) is 11.3 Å². The lowest BCUT2D eigenvalue weighted by atomic mass is 9.81. The molecule has 1 fully saturated rings. The van der Waals surface area contributed by atoms with E-state index in [0.717, 1.165) is 12.3 Å². The highest BCUT2D eigenvalue weighted by Gasteiger charge is 2.41. The van der Waals surface area contributed by atoms with Crippen molar-refractivity contribution in [1.82, 2.24) is 15.5 Å². The van der Waals surface area contributed by atoms with E-state index in [0.29, 0.717) is 19.0 Å². The van der Waals surface area contributed by atoms with Crippen LogP contribution in [-0.2, 0) is 19.2 Å². The predicted octanol–water partition coefficient (Wildman–Crippen LogP) is 2.22. The molecule has 1 aliphatic rings. The maximum absolute atomic E-state index is 12.0. The van der Waals surface area contributed by atoms with Gasteiger partial charge in [0, 0.05) is 20.0 Å². The zero-order chi connectivity index (χ0) is 25.9. The molecule has 1 heterocycles. The number of carbonyl (C=O) groups excluding carboxylic acids is 4. The number of halogens is 3. The summed E-state index contributed by atoms with van der Waals surface area (Å²) in [6, 6.07) is -0.567. The molecule has 8 nitrogen and oxygen atoms in total. The average molecular weight is 469 g/mol. The molecule has 2 unspecified atom stereocenters. The van der Waals surface area contributed by atoms with Crippen molar-refractivity contribution in [3.05, 3.63) is 0 Å². The number of rotatable bonds is 5. The van der Waals surface area contributed by atoms with Gasteiger partial charge in [-0.1, -0.05) is 48.0 Å². The number of alkyl halides is 3. The largest absolute Gasteiger partial charge is 0.471 e. The molecule has 0 radical (unpaired) electrons. The molecule has 4 amide bonds. The van der Waals surface area contributed by atoms with E-state index >= 15 is 0 Å². The number of likely N-dealkylation sites (tertiary alicyclic amines) is 1. The fourth-order valence-electron chi connectivity index (χ4n) is 2.81. The fourth-order valence-corrected chi connectivity index (χ4v) is 2.81. The molecule has 188 valence electrons. The Labute approximate surface area is 188 Å². The van der Waals surface area contributed by atoms with E-state index in [1.54, 1.807) is 5.32 Å². The van der Waals surface area contributed by atoms with E-state index in [4.69, 9.17) is 5.73 Å². The van der Waals surface area contributed by atoms with Crippen LogP contribution in [0.4, 0.5) is 13.2 Å². The van der Waals surface area contributed by atoms with Crippen molar-refractivity contribution < 1.29 is 32.3 Å². The normalized spacial score (nSPS) is 17.9. The summed E-state index contributed by atoms with van der Waals surface area (Å²) in [6.45, 7) is 15.9. The molecule has 0 bridgehead atoms. The smallest absolute Gasteiger partial charge is 0.368 e. The molecule has 2 atom stereocenters. The Morgan fingerprint density at radius 3 is 1.88 bits per heavy atom. The quantitative estimate of drug-likeness (QED) is 0.573. The van der Waals surface area contributed by atoms with Gasteiger partial charge in [0.2, 0.25) is 17.7 Å². The molecule has 0 aliphatic carbocycles. The Morgan fingerprint density at radius 1 is 1.12 bits per heavy atom. The van der Waals surface area contributed by atoms with Crippen molar-refractivity contribution in [3.63, 3.8) is 0 Å². The molecular formula is C21H39F3N4O4. The summed E-state index contributed by atoms with van der Waals surface area (Å²) < 4.78 is 35.9. The number of nitrogens with zero attached hydrogens (tertiary/aromatic N) is 1. The van der Waals surface area contributed by atoms with E-state index in [2.05, 4.69) is 26.1 Å². The fraction of sp³-hybridized carbons (Fsp3) is 0.810. The number of primary amides is 1. The number of nitrogens with two attached hydrogens (primary N) is 1. The van der Waals surface area contributed by atoms with Gasteiger partial charge < -0.3 is 21.3 Å². The topological polar surface area (TPSA) is 122 Å². The molecule has 0 aromatic carbocycles. The minimum atomic E-state index is -4.95. The van der Waals surface area contributed by atoms with Crippen LogP contribution >= 0.6 is 0 Å². The lowest BCUT2D eigenvalue weighted by Crippen LogP contribution is -2.44. The van der Waals surface area contributed by atoms with Crippen LogP contribution in [0.5, 0.6) is 0 Å². The van der Waals surface area contributed by atoms with Crippen molar-refractivity contribution >= 4 is 23.6 Å². The third kappa shape index (κ3) is 13.9. The highest BCUT2D eigenvalue weighted by molar-refractivity contribution is 5.87. The summed E-state index contributed by atoms with van der Waals surface area (Å²) in [6.07, 6.45) is -4.04. The number of hydrogen-bond donors (Lipinski definition) is 3. The number of carbonyl (C=O) groups is 4. The van der Waals surface area contributed by atoms with Crippen molar-refractivity contribution in [1.29, 1.82) is 0 Å². The molecule has 32 heavy (non-hydrogen) atoms. The predicted molar refractivity (Wildman–Crippen MR) is 116 cm³/mol. The Hall–Kier alpha value is -2.33. The summed E-state index contributed by atoms with van der Waals surface area (Å²) in [5, 5.41) is 3.93. The first kappa shape index (κ1) is 31.9. The van der Waals surface area contributed by atoms with Crippen LogP contribution in [0.25, 0.3) is 0 Å². The summed E-state index contributed by atoms with van der Waals surface area (Å²) in [4.78, 5) is 44.4. The lowest BCUT2D eigenvalue weighted by molar-refractivity contribution is -0.174. The monoisotopic (exact) mass is 468 g/mol. The molecule has 0 aromatic heterocycles. The Kier molecular flexibility index (Phi) is 13.9. The first-order valence-electron chi connectivity index (χ1n) is 10.5. The van der Waals surface area contributed by atoms with Gasteiger partial charge in [-0.15, -0.1) is 0 Å². The van der Waals surface area contributed by atoms with Gasteiger partial charge in [0.15, 0.2) is 0 Å². The molecule has 0 spiro atoms.